The quantitative estimate of drug-likeness (QED) is 0.931. The van der Waals surface area contributed by atoms with Crippen LogP contribution in [0.25, 0.3) is 0 Å². The molecule has 0 spiro atoms. The van der Waals surface area contributed by atoms with Crippen molar-refractivity contribution in [3.8, 4) is 5.75 Å². The topological polar surface area (TPSA) is 38.5 Å². The van der Waals surface area contributed by atoms with Crippen LogP contribution in [0.1, 0.15) is 18.4 Å². The van der Waals surface area contributed by atoms with Crippen LogP contribution in [-0.2, 0) is 6.54 Å². The van der Waals surface area contributed by atoms with Gasteiger partial charge in [0.25, 0.3) is 0 Å². The van der Waals surface area contributed by atoms with Crippen molar-refractivity contribution in [1.29, 1.82) is 0 Å². The fourth-order valence-corrected chi connectivity index (χ4v) is 2.51. The number of halogens is 1. The third kappa shape index (κ3) is 3.44. The summed E-state index contributed by atoms with van der Waals surface area (Å²) >= 11 is 3.45. The predicted molar refractivity (Wildman–Crippen MR) is 73.2 cm³/mol. The first-order chi connectivity index (χ1) is 8.19. The number of hydrogen-bond acceptors (Lipinski definition) is 3. The highest BCUT2D eigenvalue weighted by atomic mass is 79.9. The van der Waals surface area contributed by atoms with E-state index in [1.807, 2.05) is 18.2 Å². The Morgan fingerprint density at radius 1 is 1.41 bits per heavy atom. The Balaban J connectivity index is 2.03. The van der Waals surface area contributed by atoms with Gasteiger partial charge in [0, 0.05) is 29.7 Å². The van der Waals surface area contributed by atoms with Gasteiger partial charge in [-0.15, -0.1) is 0 Å². The molecule has 1 aromatic carbocycles. The van der Waals surface area contributed by atoms with Gasteiger partial charge in [0.05, 0.1) is 0 Å². The Hall–Kier alpha value is -0.580. The zero-order valence-corrected chi connectivity index (χ0v) is 11.7. The van der Waals surface area contributed by atoms with E-state index in [4.69, 9.17) is 10.5 Å². The number of hydrogen-bond donors (Lipinski definition) is 1. The van der Waals surface area contributed by atoms with Gasteiger partial charge in [-0.1, -0.05) is 15.9 Å². The molecule has 1 aromatic rings. The fraction of sp³-hybridized carbons (Fsp3) is 0.538. The second kappa shape index (κ2) is 5.85. The number of benzene rings is 1. The molecule has 1 aliphatic heterocycles. The fourth-order valence-electron chi connectivity index (χ4n) is 2.10. The molecule has 0 amide bonds. The first kappa shape index (κ1) is 12.9. The van der Waals surface area contributed by atoms with Gasteiger partial charge in [0.2, 0.25) is 0 Å². The summed E-state index contributed by atoms with van der Waals surface area (Å²) in [7, 11) is 2.15. The molecule has 3 nitrogen and oxygen atoms in total. The molecule has 94 valence electrons. The van der Waals surface area contributed by atoms with Crippen molar-refractivity contribution < 1.29 is 4.74 Å². The minimum absolute atomic E-state index is 0.331. The Kier molecular flexibility index (Phi) is 4.42. The second-order valence-electron chi connectivity index (χ2n) is 4.58. The Labute approximate surface area is 111 Å². The van der Waals surface area contributed by atoms with Crippen molar-refractivity contribution in [2.75, 3.05) is 20.1 Å². The average molecular weight is 299 g/mol. The lowest BCUT2D eigenvalue weighted by Gasteiger charge is -2.29. The average Bonchev–Trinajstić information content (AvgIpc) is 2.34. The molecule has 2 N–H and O–H groups in total. The van der Waals surface area contributed by atoms with Gasteiger partial charge >= 0.3 is 0 Å². The molecule has 4 heteroatoms. The summed E-state index contributed by atoms with van der Waals surface area (Å²) in [5.41, 5.74) is 6.81. The Morgan fingerprint density at radius 2 is 2.12 bits per heavy atom. The van der Waals surface area contributed by atoms with E-state index in [2.05, 4.69) is 27.9 Å². The van der Waals surface area contributed by atoms with E-state index < -0.39 is 0 Å². The maximum atomic E-state index is 6.05. The predicted octanol–water partition coefficient (Wildman–Crippen LogP) is 2.38. The zero-order valence-electron chi connectivity index (χ0n) is 10.2. The first-order valence-corrected chi connectivity index (χ1v) is 6.82. The number of rotatable bonds is 3. The number of piperidine rings is 1. The van der Waals surface area contributed by atoms with Crippen LogP contribution in [0, 0.1) is 0 Å². The standard InChI is InChI=1S/C13H19BrN2O/c1-16-6-4-12(5-7-16)17-13-3-2-11(14)8-10(13)9-15/h2-3,8,12H,4-7,9,15H2,1H3. The van der Waals surface area contributed by atoms with Gasteiger partial charge in [-0.25, -0.2) is 0 Å². The summed E-state index contributed by atoms with van der Waals surface area (Å²) < 4.78 is 7.10. The zero-order chi connectivity index (χ0) is 12.3. The lowest BCUT2D eigenvalue weighted by atomic mass is 10.1. The molecule has 0 aliphatic carbocycles. The van der Waals surface area contributed by atoms with Crippen LogP contribution in [0.5, 0.6) is 5.75 Å². The van der Waals surface area contributed by atoms with E-state index >= 15 is 0 Å². The summed E-state index contributed by atoms with van der Waals surface area (Å²) in [6.45, 7) is 2.74. The van der Waals surface area contributed by atoms with Crippen molar-refractivity contribution >= 4 is 15.9 Å². The molecule has 1 aliphatic rings. The highest BCUT2D eigenvalue weighted by molar-refractivity contribution is 9.10. The number of likely N-dealkylation sites (tertiary alicyclic amines) is 1. The van der Waals surface area contributed by atoms with E-state index in [1.165, 1.54) is 0 Å². The first-order valence-electron chi connectivity index (χ1n) is 6.02. The minimum atomic E-state index is 0.331. The smallest absolute Gasteiger partial charge is 0.124 e. The molecule has 0 unspecified atom stereocenters. The lowest BCUT2D eigenvalue weighted by Crippen LogP contribution is -2.35. The third-order valence-electron chi connectivity index (χ3n) is 3.20. The molecule has 17 heavy (non-hydrogen) atoms. The van der Waals surface area contributed by atoms with E-state index in [0.29, 0.717) is 12.6 Å². The second-order valence-corrected chi connectivity index (χ2v) is 5.49. The molecule has 0 aromatic heterocycles. The SMILES string of the molecule is CN1CCC(Oc2ccc(Br)cc2CN)CC1. The summed E-state index contributed by atoms with van der Waals surface area (Å²) in [5.74, 6) is 0.935. The lowest BCUT2D eigenvalue weighted by molar-refractivity contribution is 0.113. The Bertz CT molecular complexity index is 376. The van der Waals surface area contributed by atoms with Crippen LogP contribution in [-0.4, -0.2) is 31.1 Å². The highest BCUT2D eigenvalue weighted by Crippen LogP contribution is 2.25. The molecule has 0 bridgehead atoms. The maximum absolute atomic E-state index is 6.05. The molecule has 2 rings (SSSR count). The van der Waals surface area contributed by atoms with Gasteiger partial charge in [0.1, 0.15) is 11.9 Å². The molecule has 1 saturated heterocycles. The Morgan fingerprint density at radius 3 is 2.76 bits per heavy atom. The van der Waals surface area contributed by atoms with E-state index in [-0.39, 0.29) is 0 Å². The van der Waals surface area contributed by atoms with Crippen LogP contribution < -0.4 is 10.5 Å². The van der Waals surface area contributed by atoms with Crippen molar-refractivity contribution in [3.05, 3.63) is 28.2 Å². The van der Waals surface area contributed by atoms with Gasteiger partial charge in [0.15, 0.2) is 0 Å². The van der Waals surface area contributed by atoms with Gasteiger partial charge < -0.3 is 15.4 Å². The molecule has 0 radical (unpaired) electrons. The van der Waals surface area contributed by atoms with Crippen LogP contribution in [0.15, 0.2) is 22.7 Å². The summed E-state index contributed by atoms with van der Waals surface area (Å²) in [5, 5.41) is 0. The van der Waals surface area contributed by atoms with Crippen LogP contribution in [0.4, 0.5) is 0 Å². The molecule has 0 saturated carbocycles. The van der Waals surface area contributed by atoms with Crippen molar-refractivity contribution in [1.82, 2.24) is 4.90 Å². The highest BCUT2D eigenvalue weighted by Gasteiger charge is 2.18. The molecule has 0 atom stereocenters. The third-order valence-corrected chi connectivity index (χ3v) is 3.69. The summed E-state index contributed by atoms with van der Waals surface area (Å²) in [6, 6.07) is 6.04. The van der Waals surface area contributed by atoms with E-state index in [1.54, 1.807) is 0 Å². The number of nitrogens with zero attached hydrogens (tertiary/aromatic N) is 1. The number of nitrogens with two attached hydrogens (primary N) is 1. The van der Waals surface area contributed by atoms with E-state index in [0.717, 1.165) is 41.7 Å². The van der Waals surface area contributed by atoms with Gasteiger partial charge in [-0.3, -0.25) is 0 Å². The number of ether oxygens (including phenoxy) is 1. The normalized spacial score (nSPS) is 18.3. The summed E-state index contributed by atoms with van der Waals surface area (Å²) in [6.07, 6.45) is 2.52. The van der Waals surface area contributed by atoms with E-state index in [9.17, 15) is 0 Å². The van der Waals surface area contributed by atoms with Crippen LogP contribution in [0.3, 0.4) is 0 Å². The monoisotopic (exact) mass is 298 g/mol. The molecule has 1 heterocycles. The molecular weight excluding hydrogens is 280 g/mol. The minimum Gasteiger partial charge on any atom is -0.490 e. The van der Waals surface area contributed by atoms with Gasteiger partial charge in [-0.05, 0) is 38.1 Å². The van der Waals surface area contributed by atoms with Crippen molar-refractivity contribution in [2.24, 2.45) is 5.73 Å². The van der Waals surface area contributed by atoms with Crippen LogP contribution in [0.2, 0.25) is 0 Å². The van der Waals surface area contributed by atoms with Crippen molar-refractivity contribution in [3.63, 3.8) is 0 Å². The maximum Gasteiger partial charge on any atom is 0.124 e. The largest absolute Gasteiger partial charge is 0.490 e. The molecule has 1 fully saturated rings. The van der Waals surface area contributed by atoms with Gasteiger partial charge in [-0.2, -0.15) is 0 Å². The van der Waals surface area contributed by atoms with Crippen molar-refractivity contribution in [2.45, 2.75) is 25.5 Å². The van der Waals surface area contributed by atoms with Crippen LogP contribution >= 0.6 is 15.9 Å². The molecular formula is C13H19BrN2O. The summed E-state index contributed by atoms with van der Waals surface area (Å²) in [4.78, 5) is 2.34.